The summed E-state index contributed by atoms with van der Waals surface area (Å²) in [5.41, 5.74) is 6.68. The van der Waals surface area contributed by atoms with Gasteiger partial charge >= 0.3 is 0 Å². The Morgan fingerprint density at radius 1 is 1.06 bits per heavy atom. The first-order valence-electron chi connectivity index (χ1n) is 6.03. The highest BCUT2D eigenvalue weighted by Gasteiger charge is 2.08. The molecule has 1 N–H and O–H groups in total. The van der Waals surface area contributed by atoms with E-state index in [1.165, 1.54) is 11.1 Å². The second-order valence-corrected chi connectivity index (χ2v) is 4.75. The average molecular weight is 237 g/mol. The molecule has 2 aromatic heterocycles. The summed E-state index contributed by atoms with van der Waals surface area (Å²) >= 11 is 0. The summed E-state index contributed by atoms with van der Waals surface area (Å²) in [4.78, 5) is 12.3. The summed E-state index contributed by atoms with van der Waals surface area (Å²) in [7, 11) is 0. The number of nitrogens with one attached hydrogen (secondary N) is 1. The Balaban J connectivity index is 2.22. The third-order valence-electron chi connectivity index (χ3n) is 3.09. The number of imidazole rings is 1. The molecule has 0 spiro atoms. The zero-order chi connectivity index (χ0) is 12.7. The maximum Gasteiger partial charge on any atom is 0.138 e. The van der Waals surface area contributed by atoms with Crippen LogP contribution in [0.4, 0.5) is 0 Å². The molecule has 0 amide bonds. The van der Waals surface area contributed by atoms with Gasteiger partial charge in [-0.3, -0.25) is 4.98 Å². The molecular weight excluding hydrogens is 222 g/mol. The van der Waals surface area contributed by atoms with Crippen LogP contribution in [0.5, 0.6) is 0 Å². The monoisotopic (exact) mass is 237 g/mol. The molecule has 3 heteroatoms. The van der Waals surface area contributed by atoms with Gasteiger partial charge in [0.15, 0.2) is 0 Å². The Labute approximate surface area is 106 Å². The number of hydrogen-bond acceptors (Lipinski definition) is 2. The highest BCUT2D eigenvalue weighted by Crippen LogP contribution is 2.23. The van der Waals surface area contributed by atoms with Crippen LogP contribution in [0, 0.1) is 20.8 Å². The number of hydrogen-bond donors (Lipinski definition) is 1. The zero-order valence-electron chi connectivity index (χ0n) is 10.8. The van der Waals surface area contributed by atoms with Crippen molar-refractivity contribution in [1.82, 2.24) is 15.0 Å². The van der Waals surface area contributed by atoms with E-state index < -0.39 is 0 Å². The van der Waals surface area contributed by atoms with Gasteiger partial charge in [0.25, 0.3) is 0 Å². The SMILES string of the molecule is Cc1cc(C)c2nc(-c3ccnc(C)c3)[nH]c2c1. The minimum Gasteiger partial charge on any atom is -0.338 e. The molecule has 0 radical (unpaired) electrons. The normalized spacial score (nSPS) is 11.1. The van der Waals surface area contributed by atoms with E-state index in [4.69, 9.17) is 0 Å². The topological polar surface area (TPSA) is 41.6 Å². The molecule has 0 saturated heterocycles. The highest BCUT2D eigenvalue weighted by atomic mass is 14.9. The van der Waals surface area contributed by atoms with E-state index in [0.717, 1.165) is 28.1 Å². The number of benzene rings is 1. The van der Waals surface area contributed by atoms with Crippen molar-refractivity contribution in [2.24, 2.45) is 0 Å². The zero-order valence-corrected chi connectivity index (χ0v) is 10.8. The molecule has 0 saturated carbocycles. The third-order valence-corrected chi connectivity index (χ3v) is 3.09. The Bertz CT molecular complexity index is 726. The van der Waals surface area contributed by atoms with Gasteiger partial charge in [-0.05, 0) is 50.1 Å². The summed E-state index contributed by atoms with van der Waals surface area (Å²) in [6.07, 6.45) is 1.82. The van der Waals surface area contributed by atoms with Crippen molar-refractivity contribution in [3.63, 3.8) is 0 Å². The lowest BCUT2D eigenvalue weighted by Crippen LogP contribution is -1.84. The Hall–Kier alpha value is -2.16. The van der Waals surface area contributed by atoms with E-state index in [1.54, 1.807) is 0 Å². The van der Waals surface area contributed by atoms with Crippen molar-refractivity contribution in [2.75, 3.05) is 0 Å². The molecule has 3 aromatic rings. The van der Waals surface area contributed by atoms with Crippen LogP contribution in [0.2, 0.25) is 0 Å². The molecular formula is C15H15N3. The van der Waals surface area contributed by atoms with E-state index in [-0.39, 0.29) is 0 Å². The van der Waals surface area contributed by atoms with Crippen LogP contribution in [0.15, 0.2) is 30.5 Å². The van der Waals surface area contributed by atoms with Crippen molar-refractivity contribution >= 4 is 11.0 Å². The first kappa shape index (κ1) is 11.0. The molecule has 0 aliphatic carbocycles. The van der Waals surface area contributed by atoms with Gasteiger partial charge < -0.3 is 4.98 Å². The summed E-state index contributed by atoms with van der Waals surface area (Å²) < 4.78 is 0. The molecule has 2 heterocycles. The number of H-pyrrole nitrogens is 1. The van der Waals surface area contributed by atoms with Gasteiger partial charge in [-0.2, -0.15) is 0 Å². The number of aromatic amines is 1. The van der Waals surface area contributed by atoms with Crippen LogP contribution in [0.1, 0.15) is 16.8 Å². The van der Waals surface area contributed by atoms with E-state index in [0.29, 0.717) is 0 Å². The molecule has 1 aromatic carbocycles. The predicted molar refractivity (Wildman–Crippen MR) is 73.5 cm³/mol. The molecule has 3 nitrogen and oxygen atoms in total. The van der Waals surface area contributed by atoms with Crippen molar-refractivity contribution in [3.05, 3.63) is 47.3 Å². The molecule has 0 aliphatic heterocycles. The van der Waals surface area contributed by atoms with Gasteiger partial charge in [-0.15, -0.1) is 0 Å². The second-order valence-electron chi connectivity index (χ2n) is 4.75. The fraction of sp³-hybridized carbons (Fsp3) is 0.200. The van der Waals surface area contributed by atoms with Crippen LogP contribution in [0.3, 0.4) is 0 Å². The molecule has 18 heavy (non-hydrogen) atoms. The van der Waals surface area contributed by atoms with Gasteiger partial charge in [-0.25, -0.2) is 4.98 Å². The lowest BCUT2D eigenvalue weighted by atomic mass is 10.1. The first-order valence-corrected chi connectivity index (χ1v) is 6.03. The molecule has 0 atom stereocenters. The van der Waals surface area contributed by atoms with Crippen molar-refractivity contribution < 1.29 is 0 Å². The number of rotatable bonds is 1. The Morgan fingerprint density at radius 3 is 2.67 bits per heavy atom. The molecule has 0 fully saturated rings. The van der Waals surface area contributed by atoms with E-state index in [2.05, 4.69) is 40.9 Å². The Morgan fingerprint density at radius 2 is 1.89 bits per heavy atom. The van der Waals surface area contributed by atoms with Gasteiger partial charge in [0, 0.05) is 17.5 Å². The maximum atomic E-state index is 4.68. The second kappa shape index (κ2) is 3.95. The highest BCUT2D eigenvalue weighted by molar-refractivity contribution is 5.82. The van der Waals surface area contributed by atoms with Crippen LogP contribution >= 0.6 is 0 Å². The van der Waals surface area contributed by atoms with Crippen molar-refractivity contribution in [3.8, 4) is 11.4 Å². The minimum atomic E-state index is 0.907. The average Bonchev–Trinajstić information content (AvgIpc) is 2.73. The summed E-state index contributed by atoms with van der Waals surface area (Å²) in [5, 5.41) is 0. The summed E-state index contributed by atoms with van der Waals surface area (Å²) in [5.74, 6) is 0.907. The molecule has 90 valence electrons. The molecule has 0 bridgehead atoms. The van der Waals surface area contributed by atoms with Gasteiger partial charge in [-0.1, -0.05) is 6.07 Å². The minimum absolute atomic E-state index is 0.907. The smallest absolute Gasteiger partial charge is 0.138 e. The third kappa shape index (κ3) is 1.78. The van der Waals surface area contributed by atoms with Crippen LogP contribution in [0.25, 0.3) is 22.4 Å². The number of nitrogens with zero attached hydrogens (tertiary/aromatic N) is 2. The van der Waals surface area contributed by atoms with Gasteiger partial charge in [0.05, 0.1) is 11.0 Å². The first-order chi connectivity index (χ1) is 8.63. The van der Waals surface area contributed by atoms with E-state index in [9.17, 15) is 0 Å². The standard InChI is InChI=1S/C15H15N3/c1-9-6-10(2)14-13(7-9)17-15(18-14)12-4-5-16-11(3)8-12/h4-8H,1-3H3,(H,17,18). The van der Waals surface area contributed by atoms with Crippen molar-refractivity contribution in [1.29, 1.82) is 0 Å². The number of fused-ring (bicyclic) bond motifs is 1. The van der Waals surface area contributed by atoms with Gasteiger partial charge in [0.1, 0.15) is 5.82 Å². The molecule has 0 unspecified atom stereocenters. The largest absolute Gasteiger partial charge is 0.338 e. The Kier molecular flexibility index (Phi) is 2.40. The number of aryl methyl sites for hydroxylation is 3. The lowest BCUT2D eigenvalue weighted by molar-refractivity contribution is 1.19. The predicted octanol–water partition coefficient (Wildman–Crippen LogP) is 3.55. The van der Waals surface area contributed by atoms with Crippen molar-refractivity contribution in [2.45, 2.75) is 20.8 Å². The van der Waals surface area contributed by atoms with Crippen LogP contribution in [-0.2, 0) is 0 Å². The summed E-state index contributed by atoms with van der Waals surface area (Å²) in [6.45, 7) is 6.18. The van der Waals surface area contributed by atoms with E-state index in [1.807, 2.05) is 25.3 Å². The maximum absolute atomic E-state index is 4.68. The van der Waals surface area contributed by atoms with Crippen LogP contribution < -0.4 is 0 Å². The molecule has 3 rings (SSSR count). The van der Waals surface area contributed by atoms with Gasteiger partial charge in [0.2, 0.25) is 0 Å². The quantitative estimate of drug-likeness (QED) is 0.703. The van der Waals surface area contributed by atoms with Crippen LogP contribution in [-0.4, -0.2) is 15.0 Å². The van der Waals surface area contributed by atoms with E-state index >= 15 is 0 Å². The summed E-state index contributed by atoms with van der Waals surface area (Å²) in [6, 6.07) is 8.31. The number of pyridine rings is 1. The number of aromatic nitrogens is 3. The fourth-order valence-electron chi connectivity index (χ4n) is 2.30. The fourth-order valence-corrected chi connectivity index (χ4v) is 2.30. The lowest BCUT2D eigenvalue weighted by Gasteiger charge is -1.96. The molecule has 0 aliphatic rings.